The molecule has 2 amide bonds. The van der Waals surface area contributed by atoms with Gasteiger partial charge in [-0.2, -0.15) is 0 Å². The topological polar surface area (TPSA) is 66.5 Å². The Balaban J connectivity index is 1.82. The first-order valence-electron chi connectivity index (χ1n) is 9.69. The summed E-state index contributed by atoms with van der Waals surface area (Å²) in [4.78, 5) is 38.3. The molecular weight excluding hydrogens is 371 g/mol. The molecular formula is C23H27FN2O3. The first-order chi connectivity index (χ1) is 13.8. The number of hydrogen-bond acceptors (Lipinski definition) is 3. The molecule has 154 valence electrons. The maximum Gasteiger partial charge on any atom is 0.239 e. The molecule has 0 heterocycles. The first kappa shape index (κ1) is 22.3. The molecule has 0 aliphatic heterocycles. The lowest BCUT2D eigenvalue weighted by atomic mass is 10.0. The summed E-state index contributed by atoms with van der Waals surface area (Å²) in [6.45, 7) is 6.27. The van der Waals surface area contributed by atoms with Crippen molar-refractivity contribution in [1.29, 1.82) is 0 Å². The van der Waals surface area contributed by atoms with Crippen molar-refractivity contribution in [2.75, 3.05) is 13.1 Å². The van der Waals surface area contributed by atoms with Crippen molar-refractivity contribution in [3.63, 3.8) is 0 Å². The van der Waals surface area contributed by atoms with Crippen LogP contribution in [-0.2, 0) is 16.1 Å². The lowest BCUT2D eigenvalue weighted by Crippen LogP contribution is -2.40. The smallest absolute Gasteiger partial charge is 0.239 e. The first-order valence-corrected chi connectivity index (χ1v) is 9.69. The number of nitrogens with one attached hydrogen (secondary N) is 1. The van der Waals surface area contributed by atoms with Crippen LogP contribution in [0, 0.1) is 19.7 Å². The Morgan fingerprint density at radius 1 is 0.966 bits per heavy atom. The van der Waals surface area contributed by atoms with E-state index in [0.29, 0.717) is 12.1 Å². The molecule has 6 heteroatoms. The lowest BCUT2D eigenvalue weighted by Gasteiger charge is -2.20. The van der Waals surface area contributed by atoms with Gasteiger partial charge in [0.1, 0.15) is 5.82 Å². The molecule has 0 fully saturated rings. The van der Waals surface area contributed by atoms with Crippen molar-refractivity contribution >= 4 is 17.6 Å². The molecule has 0 unspecified atom stereocenters. The van der Waals surface area contributed by atoms with Crippen LogP contribution in [0.25, 0.3) is 0 Å². The molecule has 2 aromatic rings. The van der Waals surface area contributed by atoms with E-state index in [9.17, 15) is 18.8 Å². The Bertz CT molecular complexity index is 878. The minimum Gasteiger partial charge on any atom is -0.350 e. The molecule has 2 rings (SSSR count). The summed E-state index contributed by atoms with van der Waals surface area (Å²) >= 11 is 0. The van der Waals surface area contributed by atoms with Crippen LogP contribution >= 0.6 is 0 Å². The maximum atomic E-state index is 12.9. The molecule has 0 aliphatic carbocycles. The van der Waals surface area contributed by atoms with Crippen molar-refractivity contribution in [2.24, 2.45) is 0 Å². The zero-order valence-corrected chi connectivity index (χ0v) is 17.1. The van der Waals surface area contributed by atoms with Gasteiger partial charge in [-0.1, -0.05) is 24.3 Å². The Kier molecular flexibility index (Phi) is 8.07. The second-order valence-electron chi connectivity index (χ2n) is 7.03. The van der Waals surface area contributed by atoms with Gasteiger partial charge < -0.3 is 10.2 Å². The van der Waals surface area contributed by atoms with Gasteiger partial charge in [-0.05, 0) is 55.7 Å². The van der Waals surface area contributed by atoms with E-state index >= 15 is 0 Å². The van der Waals surface area contributed by atoms with Crippen LogP contribution < -0.4 is 5.32 Å². The van der Waals surface area contributed by atoms with Crippen molar-refractivity contribution in [3.8, 4) is 0 Å². The van der Waals surface area contributed by atoms with Crippen LogP contribution in [0.4, 0.5) is 4.39 Å². The Morgan fingerprint density at radius 3 is 2.28 bits per heavy atom. The molecule has 29 heavy (non-hydrogen) atoms. The van der Waals surface area contributed by atoms with Crippen LogP contribution in [0.3, 0.4) is 0 Å². The molecule has 2 aromatic carbocycles. The number of likely N-dealkylation sites (N-methyl/N-ethyl adjacent to an activating group) is 1. The summed E-state index contributed by atoms with van der Waals surface area (Å²) in [6, 6.07) is 11.4. The number of ketones is 1. The second-order valence-corrected chi connectivity index (χ2v) is 7.03. The van der Waals surface area contributed by atoms with Gasteiger partial charge in [0.2, 0.25) is 11.8 Å². The van der Waals surface area contributed by atoms with Crippen LogP contribution in [0.2, 0.25) is 0 Å². The highest BCUT2D eigenvalue weighted by atomic mass is 19.1. The van der Waals surface area contributed by atoms with E-state index in [2.05, 4.69) is 5.32 Å². The summed E-state index contributed by atoms with van der Waals surface area (Å²) in [5.41, 5.74) is 3.52. The van der Waals surface area contributed by atoms with Crippen molar-refractivity contribution in [1.82, 2.24) is 10.2 Å². The minimum absolute atomic E-state index is 0.0604. The molecule has 0 saturated heterocycles. The van der Waals surface area contributed by atoms with E-state index in [4.69, 9.17) is 0 Å². The molecule has 0 spiro atoms. The average Bonchev–Trinajstić information content (AvgIpc) is 2.71. The van der Waals surface area contributed by atoms with Crippen molar-refractivity contribution in [2.45, 2.75) is 40.2 Å². The standard InChI is InChI=1S/C23H27FN2O3/c1-4-26(15-22(28)25-14-18-6-9-20(24)10-7-18)23(29)12-11-21(27)19-8-5-16(2)17(3)13-19/h5-10,13H,4,11-12,14-15H2,1-3H3,(H,25,28). The maximum absolute atomic E-state index is 12.9. The van der Waals surface area contributed by atoms with Crippen LogP contribution in [0.15, 0.2) is 42.5 Å². The SMILES string of the molecule is CCN(CC(=O)NCc1ccc(F)cc1)C(=O)CCC(=O)c1ccc(C)c(C)c1. The van der Waals surface area contributed by atoms with E-state index in [0.717, 1.165) is 16.7 Å². The zero-order valence-electron chi connectivity index (χ0n) is 17.1. The van der Waals surface area contributed by atoms with Gasteiger partial charge in [-0.25, -0.2) is 4.39 Å². The van der Waals surface area contributed by atoms with Gasteiger partial charge in [0.25, 0.3) is 0 Å². The predicted octanol–water partition coefficient (Wildman–Crippen LogP) is 3.57. The molecule has 0 radical (unpaired) electrons. The highest BCUT2D eigenvalue weighted by molar-refractivity contribution is 5.98. The van der Waals surface area contributed by atoms with Gasteiger partial charge >= 0.3 is 0 Å². The number of halogens is 1. The molecule has 0 aromatic heterocycles. The second kappa shape index (κ2) is 10.5. The van der Waals surface area contributed by atoms with E-state index in [-0.39, 0.29) is 49.3 Å². The number of benzene rings is 2. The molecule has 1 N–H and O–H groups in total. The Morgan fingerprint density at radius 2 is 1.66 bits per heavy atom. The fraction of sp³-hybridized carbons (Fsp3) is 0.348. The van der Waals surface area contributed by atoms with Gasteiger partial charge in [-0.3, -0.25) is 14.4 Å². The van der Waals surface area contributed by atoms with E-state index in [1.165, 1.54) is 17.0 Å². The minimum atomic E-state index is -0.335. The third kappa shape index (κ3) is 6.82. The molecule has 0 saturated carbocycles. The highest BCUT2D eigenvalue weighted by Crippen LogP contribution is 2.13. The predicted molar refractivity (Wildman–Crippen MR) is 110 cm³/mol. The Labute approximate surface area is 170 Å². The fourth-order valence-electron chi connectivity index (χ4n) is 2.85. The lowest BCUT2D eigenvalue weighted by molar-refractivity contribution is -0.135. The van der Waals surface area contributed by atoms with Crippen molar-refractivity contribution in [3.05, 3.63) is 70.5 Å². The number of Topliss-reactive ketones (excluding diaryl/α,β-unsaturated/α-hetero) is 1. The summed E-state index contributed by atoms with van der Waals surface area (Å²) in [5.74, 6) is -0.955. The number of carbonyl (C=O) groups is 3. The number of aryl methyl sites for hydroxylation is 2. The van der Waals surface area contributed by atoms with Gasteiger partial charge in [0, 0.05) is 31.5 Å². The summed E-state index contributed by atoms with van der Waals surface area (Å²) in [6.07, 6.45) is 0.167. The summed E-state index contributed by atoms with van der Waals surface area (Å²) < 4.78 is 12.9. The molecule has 0 atom stereocenters. The van der Waals surface area contributed by atoms with E-state index in [1.807, 2.05) is 26.0 Å². The third-order valence-electron chi connectivity index (χ3n) is 4.87. The van der Waals surface area contributed by atoms with E-state index < -0.39 is 0 Å². The number of rotatable bonds is 9. The molecule has 0 bridgehead atoms. The quantitative estimate of drug-likeness (QED) is 0.657. The highest BCUT2D eigenvalue weighted by Gasteiger charge is 2.17. The zero-order chi connectivity index (χ0) is 21.4. The monoisotopic (exact) mass is 398 g/mol. The number of hydrogen-bond donors (Lipinski definition) is 1. The normalized spacial score (nSPS) is 10.5. The summed E-state index contributed by atoms with van der Waals surface area (Å²) in [7, 11) is 0. The largest absolute Gasteiger partial charge is 0.350 e. The third-order valence-corrected chi connectivity index (χ3v) is 4.87. The summed E-state index contributed by atoms with van der Waals surface area (Å²) in [5, 5.41) is 2.72. The van der Waals surface area contributed by atoms with Gasteiger partial charge in [0.15, 0.2) is 5.78 Å². The number of nitrogens with zero attached hydrogens (tertiary/aromatic N) is 1. The van der Waals surface area contributed by atoms with Crippen LogP contribution in [-0.4, -0.2) is 35.6 Å². The van der Waals surface area contributed by atoms with Crippen LogP contribution in [0.1, 0.15) is 46.8 Å². The van der Waals surface area contributed by atoms with E-state index in [1.54, 1.807) is 25.1 Å². The number of carbonyl (C=O) groups excluding carboxylic acids is 3. The molecule has 5 nitrogen and oxygen atoms in total. The van der Waals surface area contributed by atoms with Crippen LogP contribution in [0.5, 0.6) is 0 Å². The molecule has 0 aliphatic rings. The van der Waals surface area contributed by atoms with Gasteiger partial charge in [0.05, 0.1) is 6.54 Å². The Hall–Kier alpha value is -3.02. The van der Waals surface area contributed by atoms with Gasteiger partial charge in [-0.15, -0.1) is 0 Å². The number of amides is 2. The fourth-order valence-corrected chi connectivity index (χ4v) is 2.85. The average molecular weight is 398 g/mol. The van der Waals surface area contributed by atoms with Crippen molar-refractivity contribution < 1.29 is 18.8 Å².